The Kier molecular flexibility index (Phi) is 6.67. The molecule has 2 aromatic rings. The lowest BCUT2D eigenvalue weighted by Crippen LogP contribution is -2.28. The highest BCUT2D eigenvalue weighted by Gasteiger charge is 2.06. The molecule has 0 fully saturated rings. The van der Waals surface area contributed by atoms with E-state index in [4.69, 9.17) is 4.74 Å². The van der Waals surface area contributed by atoms with Gasteiger partial charge in [0, 0.05) is 12.0 Å². The summed E-state index contributed by atoms with van der Waals surface area (Å²) in [7, 11) is 0. The highest BCUT2D eigenvalue weighted by molar-refractivity contribution is 5.75. The molecule has 0 radical (unpaired) electrons. The fourth-order valence-corrected chi connectivity index (χ4v) is 2.31. The van der Waals surface area contributed by atoms with Crippen molar-refractivity contribution in [1.82, 2.24) is 5.32 Å². The van der Waals surface area contributed by atoms with E-state index in [1.165, 1.54) is 0 Å². The van der Waals surface area contributed by atoms with Crippen molar-refractivity contribution in [1.29, 1.82) is 0 Å². The molecule has 3 heteroatoms. The third-order valence-electron chi connectivity index (χ3n) is 3.60. The molecule has 0 aliphatic carbocycles. The van der Waals surface area contributed by atoms with Crippen molar-refractivity contribution in [2.45, 2.75) is 26.7 Å². The maximum atomic E-state index is 11.7. The van der Waals surface area contributed by atoms with Crippen LogP contribution in [0.3, 0.4) is 0 Å². The zero-order valence-electron chi connectivity index (χ0n) is 13.9. The molecule has 23 heavy (non-hydrogen) atoms. The molecule has 0 aliphatic rings. The molecule has 0 aliphatic heterocycles. The number of nitrogens with one attached hydrogen (secondary N) is 1. The van der Waals surface area contributed by atoms with E-state index in [-0.39, 0.29) is 5.91 Å². The average Bonchev–Trinajstić information content (AvgIpc) is 2.58. The lowest BCUT2D eigenvalue weighted by atomic mass is 10.1. The minimum absolute atomic E-state index is 0.0960. The molecule has 1 amide bonds. The van der Waals surface area contributed by atoms with Crippen LogP contribution in [0.25, 0.3) is 11.1 Å². The molecule has 0 saturated carbocycles. The maximum absolute atomic E-state index is 11.7. The molecule has 0 aromatic heterocycles. The standard InChI is InChI=1S/C20H25NO2/c1-16(2)12-13-20(22)21-14-15-23-19-11-7-6-10-18(19)17-8-4-3-5-9-17/h3-11,16H,12-15H2,1-2H3,(H,21,22). The van der Waals surface area contributed by atoms with Gasteiger partial charge in [0.2, 0.25) is 5.91 Å². The summed E-state index contributed by atoms with van der Waals surface area (Å²) in [5.41, 5.74) is 2.20. The van der Waals surface area contributed by atoms with Crippen molar-refractivity contribution in [2.75, 3.05) is 13.2 Å². The quantitative estimate of drug-likeness (QED) is 0.739. The van der Waals surface area contributed by atoms with Crippen LogP contribution in [-0.4, -0.2) is 19.1 Å². The van der Waals surface area contributed by atoms with Crippen molar-refractivity contribution < 1.29 is 9.53 Å². The maximum Gasteiger partial charge on any atom is 0.220 e. The van der Waals surface area contributed by atoms with Gasteiger partial charge in [-0.1, -0.05) is 62.4 Å². The molecule has 3 nitrogen and oxygen atoms in total. The minimum Gasteiger partial charge on any atom is -0.491 e. The van der Waals surface area contributed by atoms with Crippen LogP contribution in [-0.2, 0) is 4.79 Å². The fraction of sp³-hybridized carbons (Fsp3) is 0.350. The van der Waals surface area contributed by atoms with E-state index >= 15 is 0 Å². The van der Waals surface area contributed by atoms with Crippen molar-refractivity contribution in [3.63, 3.8) is 0 Å². The van der Waals surface area contributed by atoms with Crippen LogP contribution in [0, 0.1) is 5.92 Å². The van der Waals surface area contributed by atoms with Crippen LogP contribution in [0.4, 0.5) is 0 Å². The number of hydrogen-bond acceptors (Lipinski definition) is 2. The topological polar surface area (TPSA) is 38.3 Å². The predicted octanol–water partition coefficient (Wildman–Crippen LogP) is 4.28. The number of para-hydroxylation sites is 1. The lowest BCUT2D eigenvalue weighted by molar-refractivity contribution is -0.121. The van der Waals surface area contributed by atoms with Crippen LogP contribution >= 0.6 is 0 Å². The second-order valence-corrected chi connectivity index (χ2v) is 5.99. The predicted molar refractivity (Wildman–Crippen MR) is 94.5 cm³/mol. The van der Waals surface area contributed by atoms with Crippen LogP contribution < -0.4 is 10.1 Å². The Hall–Kier alpha value is -2.29. The van der Waals surface area contributed by atoms with Crippen LogP contribution in [0.2, 0.25) is 0 Å². The Labute approximate surface area is 138 Å². The molecule has 2 aromatic carbocycles. The van der Waals surface area contributed by atoms with E-state index < -0.39 is 0 Å². The number of carbonyl (C=O) groups excluding carboxylic acids is 1. The van der Waals surface area contributed by atoms with E-state index in [1.54, 1.807) is 0 Å². The number of carbonyl (C=O) groups is 1. The summed E-state index contributed by atoms with van der Waals surface area (Å²) in [5.74, 6) is 1.49. The van der Waals surface area contributed by atoms with E-state index in [9.17, 15) is 4.79 Å². The lowest BCUT2D eigenvalue weighted by Gasteiger charge is -2.12. The Morgan fingerprint density at radius 2 is 1.74 bits per heavy atom. The highest BCUT2D eigenvalue weighted by Crippen LogP contribution is 2.29. The second-order valence-electron chi connectivity index (χ2n) is 5.99. The van der Waals surface area contributed by atoms with Gasteiger partial charge in [-0.2, -0.15) is 0 Å². The third kappa shape index (κ3) is 5.78. The van der Waals surface area contributed by atoms with Gasteiger partial charge in [-0.25, -0.2) is 0 Å². The molecule has 0 unspecified atom stereocenters. The Morgan fingerprint density at radius 1 is 1.04 bits per heavy atom. The molecule has 0 spiro atoms. The number of rotatable bonds is 8. The Balaban J connectivity index is 1.84. The summed E-state index contributed by atoms with van der Waals surface area (Å²) in [6.45, 7) is 5.24. The van der Waals surface area contributed by atoms with Crippen LogP contribution in [0.15, 0.2) is 54.6 Å². The normalized spacial score (nSPS) is 10.6. The van der Waals surface area contributed by atoms with Gasteiger partial charge in [-0.15, -0.1) is 0 Å². The number of ether oxygens (including phenoxy) is 1. The summed E-state index contributed by atoms with van der Waals surface area (Å²) in [4.78, 5) is 11.7. The number of amides is 1. The Morgan fingerprint density at radius 3 is 2.48 bits per heavy atom. The second kappa shape index (κ2) is 8.99. The van der Waals surface area contributed by atoms with Gasteiger partial charge in [0.05, 0.1) is 6.54 Å². The molecule has 0 saturated heterocycles. The SMILES string of the molecule is CC(C)CCC(=O)NCCOc1ccccc1-c1ccccc1. The summed E-state index contributed by atoms with van der Waals surface area (Å²) >= 11 is 0. The molecular formula is C20H25NO2. The van der Waals surface area contributed by atoms with Crippen molar-refractivity contribution in [3.8, 4) is 16.9 Å². The summed E-state index contributed by atoms with van der Waals surface area (Å²) in [6.07, 6.45) is 1.50. The highest BCUT2D eigenvalue weighted by atomic mass is 16.5. The van der Waals surface area contributed by atoms with Crippen molar-refractivity contribution in [2.24, 2.45) is 5.92 Å². The smallest absolute Gasteiger partial charge is 0.220 e. The molecule has 0 atom stereocenters. The van der Waals surface area contributed by atoms with E-state index in [0.29, 0.717) is 25.5 Å². The first-order valence-corrected chi connectivity index (χ1v) is 8.21. The van der Waals surface area contributed by atoms with Crippen molar-refractivity contribution in [3.05, 3.63) is 54.6 Å². The molecule has 1 N–H and O–H groups in total. The third-order valence-corrected chi connectivity index (χ3v) is 3.60. The minimum atomic E-state index is 0.0960. The molecule has 122 valence electrons. The van der Waals surface area contributed by atoms with Gasteiger partial charge in [0.25, 0.3) is 0 Å². The van der Waals surface area contributed by atoms with Gasteiger partial charge >= 0.3 is 0 Å². The van der Waals surface area contributed by atoms with E-state index in [0.717, 1.165) is 23.3 Å². The van der Waals surface area contributed by atoms with Gasteiger partial charge < -0.3 is 10.1 Å². The number of benzene rings is 2. The molecule has 0 heterocycles. The van der Waals surface area contributed by atoms with E-state index in [2.05, 4.69) is 31.3 Å². The molecule has 0 bridgehead atoms. The zero-order valence-corrected chi connectivity index (χ0v) is 13.9. The van der Waals surface area contributed by atoms with Gasteiger partial charge in [-0.3, -0.25) is 4.79 Å². The first-order chi connectivity index (χ1) is 11.2. The van der Waals surface area contributed by atoms with Crippen LogP contribution in [0.5, 0.6) is 5.75 Å². The van der Waals surface area contributed by atoms with Crippen LogP contribution in [0.1, 0.15) is 26.7 Å². The zero-order chi connectivity index (χ0) is 16.5. The molecular weight excluding hydrogens is 286 g/mol. The fourth-order valence-electron chi connectivity index (χ4n) is 2.31. The van der Waals surface area contributed by atoms with Gasteiger partial charge in [0.1, 0.15) is 12.4 Å². The first-order valence-electron chi connectivity index (χ1n) is 8.21. The Bertz CT molecular complexity index is 608. The molecule has 2 rings (SSSR count). The van der Waals surface area contributed by atoms with Crippen molar-refractivity contribution >= 4 is 5.91 Å². The summed E-state index contributed by atoms with van der Waals surface area (Å²) < 4.78 is 5.85. The average molecular weight is 311 g/mol. The van der Waals surface area contributed by atoms with E-state index in [1.807, 2.05) is 42.5 Å². The first kappa shape index (κ1) is 17.1. The summed E-state index contributed by atoms with van der Waals surface area (Å²) in [5, 5.41) is 2.90. The number of hydrogen-bond donors (Lipinski definition) is 1. The summed E-state index contributed by atoms with van der Waals surface area (Å²) in [6, 6.07) is 18.1. The monoisotopic (exact) mass is 311 g/mol. The van der Waals surface area contributed by atoms with Gasteiger partial charge in [-0.05, 0) is 24.0 Å². The van der Waals surface area contributed by atoms with Gasteiger partial charge in [0.15, 0.2) is 0 Å². The largest absolute Gasteiger partial charge is 0.491 e.